The van der Waals surface area contributed by atoms with E-state index in [1.807, 2.05) is 0 Å². The molecule has 134 valence electrons. The van der Waals surface area contributed by atoms with Crippen molar-refractivity contribution in [3.63, 3.8) is 0 Å². The number of ether oxygens (including phenoxy) is 1. The summed E-state index contributed by atoms with van der Waals surface area (Å²) in [5.74, 6) is -0.543. The van der Waals surface area contributed by atoms with Crippen LogP contribution in [-0.2, 0) is 21.4 Å². The van der Waals surface area contributed by atoms with Crippen LogP contribution >= 0.6 is 0 Å². The Bertz CT molecular complexity index is 916. The van der Waals surface area contributed by atoms with E-state index >= 15 is 0 Å². The molecule has 1 aromatic carbocycles. The molecule has 25 heavy (non-hydrogen) atoms. The quantitative estimate of drug-likeness (QED) is 0.435. The predicted molar refractivity (Wildman–Crippen MR) is 86.5 cm³/mol. The molecule has 1 aromatic heterocycles. The first-order valence-corrected chi connectivity index (χ1v) is 8.50. The third-order valence-corrected chi connectivity index (χ3v) is 5.04. The first-order chi connectivity index (χ1) is 11.6. The molecule has 0 aliphatic carbocycles. The number of nitro benzene ring substituents is 1. The van der Waals surface area contributed by atoms with Crippen molar-refractivity contribution in [2.24, 2.45) is 0 Å². The summed E-state index contributed by atoms with van der Waals surface area (Å²) in [6, 6.07) is 6.53. The number of hydrogen-bond donors (Lipinski definition) is 0. The molecule has 9 nitrogen and oxygen atoms in total. The number of nitro groups is 1. The first kappa shape index (κ1) is 18.6. The van der Waals surface area contributed by atoms with E-state index in [2.05, 4.69) is 0 Å². The Morgan fingerprint density at radius 2 is 1.96 bits per heavy atom. The number of carbonyl (C=O) groups is 1. The highest BCUT2D eigenvalue weighted by molar-refractivity contribution is 7.88. The Morgan fingerprint density at radius 1 is 1.28 bits per heavy atom. The maximum absolute atomic E-state index is 12.0. The number of aryl methyl sites for hydroxylation is 1. The number of benzene rings is 1. The average Bonchev–Trinajstić information content (AvgIpc) is 3.01. The maximum atomic E-state index is 12.0. The molecule has 2 aromatic rings. The lowest BCUT2D eigenvalue weighted by Gasteiger charge is -2.08. The molecule has 0 amide bonds. The van der Waals surface area contributed by atoms with Gasteiger partial charge in [0.2, 0.25) is 5.09 Å². The SMILES string of the molecule is Cc1cc(C(=O)OCc2ccc(S(=O)(=O)N(C)C)o2)ccc1[N+](=O)[O-]. The van der Waals surface area contributed by atoms with Crippen LogP contribution in [0.1, 0.15) is 21.7 Å². The molecule has 0 bridgehead atoms. The smallest absolute Gasteiger partial charge is 0.338 e. The molecule has 0 atom stereocenters. The number of rotatable bonds is 6. The third kappa shape index (κ3) is 4.03. The molecule has 0 N–H and O–H groups in total. The lowest BCUT2D eigenvalue weighted by atomic mass is 10.1. The number of furan rings is 1. The fourth-order valence-electron chi connectivity index (χ4n) is 1.96. The van der Waals surface area contributed by atoms with E-state index in [9.17, 15) is 23.3 Å². The summed E-state index contributed by atoms with van der Waals surface area (Å²) in [7, 11) is -0.964. The van der Waals surface area contributed by atoms with Crippen LogP contribution in [0, 0.1) is 17.0 Å². The van der Waals surface area contributed by atoms with Gasteiger partial charge in [0.1, 0.15) is 12.4 Å². The summed E-state index contributed by atoms with van der Waals surface area (Å²) < 4.78 is 35.0. The van der Waals surface area contributed by atoms with Crippen LogP contribution < -0.4 is 0 Å². The molecule has 0 aliphatic heterocycles. The van der Waals surface area contributed by atoms with Gasteiger partial charge in [0.25, 0.3) is 15.7 Å². The van der Waals surface area contributed by atoms with Crippen molar-refractivity contribution in [3.8, 4) is 0 Å². The van der Waals surface area contributed by atoms with Gasteiger partial charge >= 0.3 is 5.97 Å². The zero-order valence-corrected chi connectivity index (χ0v) is 14.6. The third-order valence-electron chi connectivity index (χ3n) is 3.35. The van der Waals surface area contributed by atoms with Gasteiger partial charge in [0.15, 0.2) is 0 Å². The second-order valence-electron chi connectivity index (χ2n) is 5.34. The fourth-order valence-corrected chi connectivity index (χ4v) is 2.77. The van der Waals surface area contributed by atoms with Crippen molar-refractivity contribution >= 4 is 21.7 Å². The van der Waals surface area contributed by atoms with Crippen molar-refractivity contribution in [1.82, 2.24) is 4.31 Å². The van der Waals surface area contributed by atoms with Crippen molar-refractivity contribution in [1.29, 1.82) is 0 Å². The molecule has 2 rings (SSSR count). The number of carbonyl (C=O) groups excluding carboxylic acids is 1. The summed E-state index contributed by atoms with van der Waals surface area (Å²) in [6.07, 6.45) is 0. The van der Waals surface area contributed by atoms with Crippen LogP contribution in [0.15, 0.2) is 39.8 Å². The van der Waals surface area contributed by atoms with Crippen LogP contribution in [0.5, 0.6) is 0 Å². The molecule has 0 spiro atoms. The number of esters is 1. The minimum atomic E-state index is -3.70. The molecule has 10 heteroatoms. The maximum Gasteiger partial charge on any atom is 0.338 e. The summed E-state index contributed by atoms with van der Waals surface area (Å²) >= 11 is 0. The second kappa shape index (κ2) is 7.03. The molecule has 0 fully saturated rings. The van der Waals surface area contributed by atoms with E-state index in [1.165, 1.54) is 51.4 Å². The molecule has 0 aliphatic rings. The van der Waals surface area contributed by atoms with E-state index < -0.39 is 20.9 Å². The minimum absolute atomic E-state index is 0.0962. The fraction of sp³-hybridized carbons (Fsp3) is 0.267. The standard InChI is InChI=1S/C15H16N2O7S/c1-10-8-11(4-6-13(10)17(19)20)15(18)23-9-12-5-7-14(24-12)25(21,22)16(2)3/h4-8H,9H2,1-3H3. The summed E-state index contributed by atoms with van der Waals surface area (Å²) in [6.45, 7) is 1.25. The Morgan fingerprint density at radius 3 is 2.52 bits per heavy atom. The molecule has 0 radical (unpaired) electrons. The lowest BCUT2D eigenvalue weighted by Crippen LogP contribution is -2.21. The second-order valence-corrected chi connectivity index (χ2v) is 7.43. The van der Waals surface area contributed by atoms with Gasteiger partial charge in [-0.05, 0) is 31.2 Å². The monoisotopic (exact) mass is 368 g/mol. The van der Waals surface area contributed by atoms with Gasteiger partial charge in [0, 0.05) is 25.7 Å². The zero-order chi connectivity index (χ0) is 18.8. The van der Waals surface area contributed by atoms with Gasteiger partial charge < -0.3 is 9.15 Å². The number of hydrogen-bond acceptors (Lipinski definition) is 7. The van der Waals surface area contributed by atoms with Crippen LogP contribution in [0.4, 0.5) is 5.69 Å². The van der Waals surface area contributed by atoms with Crippen molar-refractivity contribution in [2.45, 2.75) is 18.6 Å². The topological polar surface area (TPSA) is 120 Å². The van der Waals surface area contributed by atoms with E-state index in [-0.39, 0.29) is 28.7 Å². The summed E-state index contributed by atoms with van der Waals surface area (Å²) in [5.41, 5.74) is 0.383. The molecular weight excluding hydrogens is 352 g/mol. The molecule has 0 unspecified atom stereocenters. The van der Waals surface area contributed by atoms with Crippen LogP contribution in [0.25, 0.3) is 0 Å². The Labute approximate surface area is 144 Å². The van der Waals surface area contributed by atoms with E-state index in [0.29, 0.717) is 5.56 Å². The lowest BCUT2D eigenvalue weighted by molar-refractivity contribution is -0.385. The van der Waals surface area contributed by atoms with Crippen molar-refractivity contribution in [3.05, 3.63) is 57.3 Å². The van der Waals surface area contributed by atoms with Crippen molar-refractivity contribution in [2.75, 3.05) is 14.1 Å². The Balaban J connectivity index is 2.07. The highest BCUT2D eigenvalue weighted by atomic mass is 32.2. The number of nitrogens with zero attached hydrogens (tertiary/aromatic N) is 2. The number of sulfonamides is 1. The van der Waals surface area contributed by atoms with Crippen LogP contribution in [-0.4, -0.2) is 37.7 Å². The van der Waals surface area contributed by atoms with E-state index in [0.717, 1.165) is 4.31 Å². The Kier molecular flexibility index (Phi) is 5.24. The average molecular weight is 368 g/mol. The minimum Gasteiger partial charge on any atom is -0.454 e. The summed E-state index contributed by atoms with van der Waals surface area (Å²) in [5, 5.41) is 10.5. The largest absolute Gasteiger partial charge is 0.454 e. The first-order valence-electron chi connectivity index (χ1n) is 7.06. The molecule has 0 saturated carbocycles. The summed E-state index contributed by atoms with van der Waals surface area (Å²) in [4.78, 5) is 22.2. The van der Waals surface area contributed by atoms with Gasteiger partial charge in [-0.25, -0.2) is 17.5 Å². The molecule has 0 saturated heterocycles. The van der Waals surface area contributed by atoms with Gasteiger partial charge in [-0.1, -0.05) is 0 Å². The normalized spacial score (nSPS) is 11.5. The van der Waals surface area contributed by atoms with Crippen LogP contribution in [0.2, 0.25) is 0 Å². The van der Waals surface area contributed by atoms with Gasteiger partial charge in [-0.3, -0.25) is 10.1 Å². The zero-order valence-electron chi connectivity index (χ0n) is 13.8. The van der Waals surface area contributed by atoms with Gasteiger partial charge in [-0.2, -0.15) is 0 Å². The highest BCUT2D eigenvalue weighted by Crippen LogP contribution is 2.20. The van der Waals surface area contributed by atoms with Gasteiger partial charge in [-0.15, -0.1) is 0 Å². The highest BCUT2D eigenvalue weighted by Gasteiger charge is 2.22. The van der Waals surface area contributed by atoms with Crippen molar-refractivity contribution < 1.29 is 27.3 Å². The van der Waals surface area contributed by atoms with E-state index in [1.54, 1.807) is 0 Å². The molecule has 1 heterocycles. The Hall–Kier alpha value is -2.72. The van der Waals surface area contributed by atoms with E-state index in [4.69, 9.17) is 9.15 Å². The van der Waals surface area contributed by atoms with Crippen LogP contribution in [0.3, 0.4) is 0 Å². The molecular formula is C15H16N2O7S. The predicted octanol–water partition coefficient (Wildman–Crippen LogP) is 2.10. The van der Waals surface area contributed by atoms with Gasteiger partial charge in [0.05, 0.1) is 10.5 Å².